The number of aryl methyl sites for hydroxylation is 2. The van der Waals surface area contributed by atoms with Gasteiger partial charge in [0.15, 0.2) is 0 Å². The second-order valence-corrected chi connectivity index (χ2v) is 7.61. The van der Waals surface area contributed by atoms with E-state index < -0.39 is 0 Å². The van der Waals surface area contributed by atoms with Gasteiger partial charge >= 0.3 is 0 Å². The van der Waals surface area contributed by atoms with Crippen LogP contribution in [0.25, 0.3) is 11.1 Å². The van der Waals surface area contributed by atoms with Crippen LogP contribution < -0.4 is 4.74 Å². The van der Waals surface area contributed by atoms with Crippen molar-refractivity contribution in [2.45, 2.75) is 45.1 Å². The van der Waals surface area contributed by atoms with Crippen molar-refractivity contribution in [3.8, 4) is 17.0 Å². The van der Waals surface area contributed by atoms with E-state index in [9.17, 15) is 4.79 Å². The fourth-order valence-corrected chi connectivity index (χ4v) is 4.30. The number of rotatable bonds is 4. The first-order valence-electron chi connectivity index (χ1n) is 9.70. The molecule has 0 saturated carbocycles. The van der Waals surface area contributed by atoms with Gasteiger partial charge in [-0.2, -0.15) is 4.99 Å². The molecule has 1 saturated heterocycles. The molecule has 2 aromatic rings. The lowest BCUT2D eigenvalue weighted by Gasteiger charge is -2.29. The predicted molar refractivity (Wildman–Crippen MR) is 105 cm³/mol. The average Bonchev–Trinajstić information content (AvgIpc) is 3.12. The zero-order valence-electron chi connectivity index (χ0n) is 16.0. The highest BCUT2D eigenvalue weighted by atomic mass is 16.5. The lowest BCUT2D eigenvalue weighted by Crippen LogP contribution is -2.35. The van der Waals surface area contributed by atoms with E-state index in [-0.39, 0.29) is 6.10 Å². The summed E-state index contributed by atoms with van der Waals surface area (Å²) in [7, 11) is 2.14. The standard InChI is InChI=1S/C22H25N3O2/c1-15-12-16-4-3-5-19(16)22(24-14-26)21(15)17-6-9-23-20(13-17)27-18-7-10-25(2)11-8-18/h6,9,12-13,18H,3-5,7-8,10-11H2,1-2H3. The SMILES string of the molecule is Cc1cc2c(c(N=C=O)c1-c1ccnc(OC3CCN(C)CC3)c1)CCC2. The maximum Gasteiger partial charge on any atom is 0.240 e. The lowest BCUT2D eigenvalue weighted by atomic mass is 9.93. The van der Waals surface area contributed by atoms with Crippen molar-refractivity contribution in [2.75, 3.05) is 20.1 Å². The average molecular weight is 363 g/mol. The van der Waals surface area contributed by atoms with Gasteiger partial charge in [-0.1, -0.05) is 6.07 Å². The first kappa shape index (κ1) is 17.9. The largest absolute Gasteiger partial charge is 0.474 e. The number of nitrogens with zero attached hydrogens (tertiary/aromatic N) is 3. The van der Waals surface area contributed by atoms with Gasteiger partial charge in [0.1, 0.15) is 6.10 Å². The van der Waals surface area contributed by atoms with E-state index in [1.54, 1.807) is 12.3 Å². The molecule has 2 aliphatic rings. The van der Waals surface area contributed by atoms with E-state index in [0.29, 0.717) is 5.88 Å². The summed E-state index contributed by atoms with van der Waals surface area (Å²) in [6.07, 6.45) is 8.90. The minimum Gasteiger partial charge on any atom is -0.474 e. The Morgan fingerprint density at radius 3 is 2.85 bits per heavy atom. The van der Waals surface area contributed by atoms with Gasteiger partial charge in [-0.25, -0.2) is 9.78 Å². The van der Waals surface area contributed by atoms with Gasteiger partial charge in [-0.3, -0.25) is 0 Å². The molecule has 140 valence electrons. The van der Waals surface area contributed by atoms with Crippen molar-refractivity contribution < 1.29 is 9.53 Å². The van der Waals surface area contributed by atoms with Gasteiger partial charge in [0.05, 0.1) is 5.69 Å². The molecule has 1 aromatic heterocycles. The Morgan fingerprint density at radius 1 is 1.26 bits per heavy atom. The van der Waals surface area contributed by atoms with Crippen molar-refractivity contribution in [1.29, 1.82) is 0 Å². The predicted octanol–water partition coefficient (Wildman–Crippen LogP) is 3.99. The molecule has 0 radical (unpaired) electrons. The smallest absolute Gasteiger partial charge is 0.240 e. The molecule has 27 heavy (non-hydrogen) atoms. The van der Waals surface area contributed by atoms with E-state index in [1.807, 2.05) is 12.1 Å². The molecular formula is C22H25N3O2. The van der Waals surface area contributed by atoms with Crippen LogP contribution in [0.5, 0.6) is 5.88 Å². The molecule has 1 aliphatic heterocycles. The summed E-state index contributed by atoms with van der Waals surface area (Å²) in [5, 5.41) is 0. The Balaban J connectivity index is 1.69. The van der Waals surface area contributed by atoms with E-state index in [4.69, 9.17) is 4.74 Å². The molecule has 5 nitrogen and oxygen atoms in total. The van der Waals surface area contributed by atoms with Crippen molar-refractivity contribution in [2.24, 2.45) is 4.99 Å². The number of likely N-dealkylation sites (tertiary alicyclic amines) is 1. The molecule has 0 amide bonds. The fourth-order valence-electron chi connectivity index (χ4n) is 4.30. The molecule has 5 heteroatoms. The summed E-state index contributed by atoms with van der Waals surface area (Å²) in [5.41, 5.74) is 6.38. The summed E-state index contributed by atoms with van der Waals surface area (Å²) in [6.45, 7) is 4.18. The molecule has 1 aliphatic carbocycles. The molecule has 0 bridgehead atoms. The van der Waals surface area contributed by atoms with Crippen LogP contribution in [0.1, 0.15) is 36.0 Å². The summed E-state index contributed by atoms with van der Waals surface area (Å²) in [6, 6.07) is 6.18. The van der Waals surface area contributed by atoms with Crippen LogP contribution >= 0.6 is 0 Å². The van der Waals surface area contributed by atoms with E-state index in [2.05, 4.69) is 34.9 Å². The van der Waals surface area contributed by atoms with Crippen LogP contribution in [0.2, 0.25) is 0 Å². The number of pyridine rings is 1. The number of hydrogen-bond donors (Lipinski definition) is 0. The van der Waals surface area contributed by atoms with Gasteiger partial charge in [-0.05, 0) is 74.4 Å². The zero-order valence-corrected chi connectivity index (χ0v) is 16.0. The third kappa shape index (κ3) is 3.66. The Morgan fingerprint density at radius 2 is 2.07 bits per heavy atom. The number of carbonyl (C=O) groups excluding carboxylic acids is 1. The Bertz CT molecular complexity index is 895. The second kappa shape index (κ2) is 7.63. The quantitative estimate of drug-likeness (QED) is 0.609. The molecule has 0 spiro atoms. The first-order chi connectivity index (χ1) is 13.2. The summed E-state index contributed by atoms with van der Waals surface area (Å²) in [4.78, 5) is 21.9. The maximum atomic E-state index is 11.1. The van der Waals surface area contributed by atoms with Gasteiger partial charge in [-0.15, -0.1) is 0 Å². The van der Waals surface area contributed by atoms with Gasteiger partial charge in [0.2, 0.25) is 12.0 Å². The van der Waals surface area contributed by atoms with Gasteiger partial charge < -0.3 is 9.64 Å². The zero-order chi connectivity index (χ0) is 18.8. The molecule has 0 unspecified atom stereocenters. The minimum absolute atomic E-state index is 0.206. The fraction of sp³-hybridized carbons (Fsp3) is 0.455. The van der Waals surface area contributed by atoms with Crippen LogP contribution in [0.4, 0.5) is 5.69 Å². The number of benzene rings is 1. The van der Waals surface area contributed by atoms with Crippen LogP contribution in [-0.2, 0) is 17.6 Å². The third-order valence-electron chi connectivity index (χ3n) is 5.70. The summed E-state index contributed by atoms with van der Waals surface area (Å²) < 4.78 is 6.15. The third-order valence-corrected chi connectivity index (χ3v) is 5.70. The van der Waals surface area contributed by atoms with Crippen molar-refractivity contribution in [3.05, 3.63) is 41.1 Å². The number of aromatic nitrogens is 1. The number of isocyanates is 1. The number of aliphatic imine (C=N–C) groups is 1. The Hall–Kier alpha value is -2.49. The van der Waals surface area contributed by atoms with E-state index in [1.165, 1.54) is 11.1 Å². The van der Waals surface area contributed by atoms with E-state index in [0.717, 1.165) is 67.6 Å². The number of hydrogen-bond acceptors (Lipinski definition) is 5. The molecule has 0 N–H and O–H groups in total. The van der Waals surface area contributed by atoms with Crippen molar-refractivity contribution in [3.63, 3.8) is 0 Å². The van der Waals surface area contributed by atoms with Crippen molar-refractivity contribution >= 4 is 11.8 Å². The monoisotopic (exact) mass is 363 g/mol. The Labute approximate surface area is 160 Å². The Kier molecular flexibility index (Phi) is 5.06. The van der Waals surface area contributed by atoms with Crippen LogP contribution in [-0.4, -0.2) is 42.2 Å². The highest BCUT2D eigenvalue weighted by molar-refractivity contribution is 5.84. The molecule has 1 aromatic carbocycles. The molecular weight excluding hydrogens is 338 g/mol. The van der Waals surface area contributed by atoms with Gasteiger partial charge in [0, 0.05) is 30.9 Å². The molecule has 4 rings (SSSR count). The highest BCUT2D eigenvalue weighted by Gasteiger charge is 2.22. The highest BCUT2D eigenvalue weighted by Crippen LogP contribution is 2.42. The second-order valence-electron chi connectivity index (χ2n) is 7.61. The summed E-state index contributed by atoms with van der Waals surface area (Å²) in [5.74, 6) is 0.642. The van der Waals surface area contributed by atoms with Gasteiger partial charge in [0.25, 0.3) is 0 Å². The first-order valence-corrected chi connectivity index (χ1v) is 9.70. The number of piperidine rings is 1. The van der Waals surface area contributed by atoms with Crippen LogP contribution in [0.15, 0.2) is 29.4 Å². The molecule has 0 atom stereocenters. The van der Waals surface area contributed by atoms with E-state index >= 15 is 0 Å². The molecule has 2 heterocycles. The number of fused-ring (bicyclic) bond motifs is 1. The maximum absolute atomic E-state index is 11.1. The topological polar surface area (TPSA) is 54.8 Å². The normalized spacial score (nSPS) is 17.4. The lowest BCUT2D eigenvalue weighted by molar-refractivity contribution is 0.110. The summed E-state index contributed by atoms with van der Waals surface area (Å²) >= 11 is 0. The minimum atomic E-state index is 0.206. The molecule has 1 fully saturated rings. The van der Waals surface area contributed by atoms with Crippen LogP contribution in [0.3, 0.4) is 0 Å². The number of ether oxygens (including phenoxy) is 1. The van der Waals surface area contributed by atoms with Crippen molar-refractivity contribution in [1.82, 2.24) is 9.88 Å². The van der Waals surface area contributed by atoms with Crippen LogP contribution in [0, 0.1) is 6.92 Å².